The van der Waals surface area contributed by atoms with Gasteiger partial charge in [-0.2, -0.15) is 0 Å². The summed E-state index contributed by atoms with van der Waals surface area (Å²) in [6.45, 7) is 2.02. The first-order valence-corrected chi connectivity index (χ1v) is 12.5. The molecule has 2 aromatic heterocycles. The molecule has 1 fully saturated rings. The lowest BCUT2D eigenvalue weighted by atomic mass is 10.2. The summed E-state index contributed by atoms with van der Waals surface area (Å²) in [5.74, 6) is 0.161. The van der Waals surface area contributed by atoms with Gasteiger partial charge in [-0.1, -0.05) is 42.3 Å². The molecule has 2 heterocycles. The number of anilines is 1. The Kier molecular flexibility index (Phi) is 5.41. The van der Waals surface area contributed by atoms with E-state index in [1.165, 1.54) is 22.2 Å². The fraction of sp³-hybridized carbons (Fsp3) is 0.435. The van der Waals surface area contributed by atoms with Gasteiger partial charge in [0.15, 0.2) is 5.16 Å². The number of benzene rings is 1. The summed E-state index contributed by atoms with van der Waals surface area (Å²) < 4.78 is 1.91. The first kappa shape index (κ1) is 19.8. The number of fused-ring (bicyclic) bond motifs is 3. The fourth-order valence-electron chi connectivity index (χ4n) is 4.59. The van der Waals surface area contributed by atoms with Gasteiger partial charge in [-0.15, -0.1) is 11.3 Å². The molecule has 3 aromatic rings. The van der Waals surface area contributed by atoms with Gasteiger partial charge in [-0.25, -0.2) is 4.98 Å². The maximum atomic E-state index is 13.5. The second kappa shape index (κ2) is 8.19. The van der Waals surface area contributed by atoms with Crippen molar-refractivity contribution in [1.29, 1.82) is 0 Å². The van der Waals surface area contributed by atoms with Crippen LogP contribution in [0.2, 0.25) is 0 Å². The zero-order chi connectivity index (χ0) is 20.7. The van der Waals surface area contributed by atoms with E-state index in [0.29, 0.717) is 5.16 Å². The Morgan fingerprint density at radius 3 is 2.73 bits per heavy atom. The third kappa shape index (κ3) is 3.69. The first-order valence-electron chi connectivity index (χ1n) is 10.7. The van der Waals surface area contributed by atoms with Crippen molar-refractivity contribution < 1.29 is 4.79 Å². The predicted molar refractivity (Wildman–Crippen MR) is 124 cm³/mol. The zero-order valence-corrected chi connectivity index (χ0v) is 18.7. The quantitative estimate of drug-likeness (QED) is 0.444. The summed E-state index contributed by atoms with van der Waals surface area (Å²) in [5.41, 5.74) is 3.28. The van der Waals surface area contributed by atoms with Gasteiger partial charge in [-0.3, -0.25) is 14.2 Å². The smallest absolute Gasteiger partial charge is 0.263 e. The molecule has 0 atom stereocenters. The van der Waals surface area contributed by atoms with E-state index < -0.39 is 0 Å². The number of rotatable bonds is 5. The molecule has 1 N–H and O–H groups in total. The molecule has 2 aliphatic carbocycles. The molecule has 5 nitrogen and oxygen atoms in total. The number of carbonyl (C=O) groups is 1. The number of aromatic nitrogens is 2. The monoisotopic (exact) mass is 439 g/mol. The highest BCUT2D eigenvalue weighted by atomic mass is 32.2. The van der Waals surface area contributed by atoms with Crippen molar-refractivity contribution in [3.63, 3.8) is 0 Å². The van der Waals surface area contributed by atoms with Crippen molar-refractivity contribution in [2.45, 2.75) is 63.1 Å². The average molecular weight is 440 g/mol. The van der Waals surface area contributed by atoms with E-state index in [-0.39, 0.29) is 23.3 Å². The van der Waals surface area contributed by atoms with E-state index in [1.54, 1.807) is 11.3 Å². The molecule has 156 valence electrons. The molecule has 2 aliphatic rings. The lowest BCUT2D eigenvalue weighted by Crippen LogP contribution is -2.27. The van der Waals surface area contributed by atoms with Crippen molar-refractivity contribution in [3.8, 4) is 0 Å². The number of carbonyl (C=O) groups excluding carboxylic acids is 1. The lowest BCUT2D eigenvalue weighted by Gasteiger charge is -2.18. The van der Waals surface area contributed by atoms with Crippen molar-refractivity contribution >= 4 is 44.9 Å². The van der Waals surface area contributed by atoms with Crippen molar-refractivity contribution in [3.05, 3.63) is 50.6 Å². The van der Waals surface area contributed by atoms with Crippen LogP contribution in [0, 0.1) is 6.92 Å². The number of nitrogens with one attached hydrogen (secondary N) is 1. The summed E-state index contributed by atoms with van der Waals surface area (Å²) in [6, 6.07) is 7.97. The van der Waals surface area contributed by atoms with Crippen LogP contribution in [-0.4, -0.2) is 21.2 Å². The minimum absolute atomic E-state index is 0.0788. The lowest BCUT2D eigenvalue weighted by molar-refractivity contribution is -0.113. The number of nitrogens with zero attached hydrogens (tertiary/aromatic N) is 2. The molecule has 0 bridgehead atoms. The zero-order valence-electron chi connectivity index (χ0n) is 17.1. The van der Waals surface area contributed by atoms with Crippen LogP contribution in [0.25, 0.3) is 10.2 Å². The van der Waals surface area contributed by atoms with Crippen LogP contribution in [-0.2, 0) is 17.6 Å². The topological polar surface area (TPSA) is 64.0 Å². The van der Waals surface area contributed by atoms with Gasteiger partial charge in [0.1, 0.15) is 4.83 Å². The summed E-state index contributed by atoms with van der Waals surface area (Å²) in [4.78, 5) is 33.1. The SMILES string of the molecule is Cc1ccc(NC(=O)CSc2nc3sc4c(c3c(=O)n2C2CCCC2)CCC4)cc1. The maximum Gasteiger partial charge on any atom is 0.263 e. The van der Waals surface area contributed by atoms with Crippen molar-refractivity contribution in [2.24, 2.45) is 0 Å². The molecule has 0 aliphatic heterocycles. The Labute approximate surface area is 183 Å². The molecule has 1 aromatic carbocycles. The molecule has 5 rings (SSSR count). The van der Waals surface area contributed by atoms with Crippen LogP contribution in [0.1, 0.15) is 54.1 Å². The Bertz CT molecular complexity index is 1160. The summed E-state index contributed by atoms with van der Waals surface area (Å²) in [6.07, 6.45) is 7.51. The highest BCUT2D eigenvalue weighted by Crippen LogP contribution is 2.38. The minimum Gasteiger partial charge on any atom is -0.325 e. The Balaban J connectivity index is 1.44. The second-order valence-corrected chi connectivity index (χ2v) is 10.3. The molecule has 7 heteroatoms. The normalized spacial score (nSPS) is 16.3. The van der Waals surface area contributed by atoms with Crippen LogP contribution in [0.4, 0.5) is 5.69 Å². The third-order valence-electron chi connectivity index (χ3n) is 6.10. The van der Waals surface area contributed by atoms with E-state index in [9.17, 15) is 9.59 Å². The van der Waals surface area contributed by atoms with E-state index in [4.69, 9.17) is 4.98 Å². The van der Waals surface area contributed by atoms with Crippen LogP contribution < -0.4 is 10.9 Å². The highest BCUT2D eigenvalue weighted by molar-refractivity contribution is 7.99. The molecule has 1 saturated carbocycles. The van der Waals surface area contributed by atoms with Gasteiger partial charge >= 0.3 is 0 Å². The molecule has 0 unspecified atom stereocenters. The van der Waals surface area contributed by atoms with Crippen LogP contribution in [0.15, 0.2) is 34.2 Å². The molecule has 0 radical (unpaired) electrons. The van der Waals surface area contributed by atoms with Gasteiger partial charge in [0.05, 0.1) is 11.1 Å². The molecule has 0 saturated heterocycles. The van der Waals surface area contributed by atoms with E-state index in [2.05, 4.69) is 5.32 Å². The van der Waals surface area contributed by atoms with Gasteiger partial charge < -0.3 is 5.32 Å². The standard InChI is InChI=1S/C23H25N3O2S2/c1-14-9-11-15(12-10-14)24-19(27)13-29-23-25-21-20(17-7-4-8-18(17)30-21)22(28)26(23)16-5-2-3-6-16/h9-12,16H,2-8,13H2,1H3,(H,24,27). The molecular weight excluding hydrogens is 414 g/mol. The van der Waals surface area contributed by atoms with Gasteiger partial charge in [0.2, 0.25) is 5.91 Å². The predicted octanol–water partition coefficient (Wildman–Crippen LogP) is 5.10. The summed E-state index contributed by atoms with van der Waals surface area (Å²) >= 11 is 3.05. The van der Waals surface area contributed by atoms with E-state index in [0.717, 1.165) is 66.4 Å². The number of thioether (sulfide) groups is 1. The van der Waals surface area contributed by atoms with Crippen LogP contribution >= 0.6 is 23.1 Å². The van der Waals surface area contributed by atoms with Gasteiger partial charge in [-0.05, 0) is 56.7 Å². The number of hydrogen-bond donors (Lipinski definition) is 1. The fourth-order valence-corrected chi connectivity index (χ4v) is 6.76. The van der Waals surface area contributed by atoms with Crippen molar-refractivity contribution in [1.82, 2.24) is 9.55 Å². The summed E-state index contributed by atoms with van der Waals surface area (Å²) in [5, 5.41) is 4.47. The summed E-state index contributed by atoms with van der Waals surface area (Å²) in [7, 11) is 0. The van der Waals surface area contributed by atoms with E-state index in [1.807, 2.05) is 35.8 Å². The number of aryl methyl sites for hydroxylation is 3. The highest BCUT2D eigenvalue weighted by Gasteiger charge is 2.27. The second-order valence-electron chi connectivity index (χ2n) is 8.25. The third-order valence-corrected chi connectivity index (χ3v) is 8.23. The largest absolute Gasteiger partial charge is 0.325 e. The van der Waals surface area contributed by atoms with Gasteiger partial charge in [0, 0.05) is 16.6 Å². The van der Waals surface area contributed by atoms with Crippen LogP contribution in [0.5, 0.6) is 0 Å². The molecule has 0 spiro atoms. The Morgan fingerprint density at radius 1 is 1.20 bits per heavy atom. The molecular formula is C23H25N3O2S2. The van der Waals surface area contributed by atoms with Crippen molar-refractivity contribution in [2.75, 3.05) is 11.1 Å². The Morgan fingerprint density at radius 2 is 1.97 bits per heavy atom. The number of thiophene rings is 1. The number of amides is 1. The van der Waals surface area contributed by atoms with E-state index >= 15 is 0 Å². The average Bonchev–Trinajstić information content (AvgIpc) is 3.45. The Hall–Kier alpha value is -2.12. The molecule has 30 heavy (non-hydrogen) atoms. The maximum absolute atomic E-state index is 13.5. The minimum atomic E-state index is -0.0788. The first-order chi connectivity index (χ1) is 14.6. The van der Waals surface area contributed by atoms with Crippen LogP contribution in [0.3, 0.4) is 0 Å². The number of hydrogen-bond acceptors (Lipinski definition) is 5. The van der Waals surface area contributed by atoms with Gasteiger partial charge in [0.25, 0.3) is 5.56 Å². The molecule has 1 amide bonds.